The molecule has 82 valence electrons. The monoisotopic (exact) mass is 355 g/mol. The zero-order chi connectivity index (χ0) is 10.8. The van der Waals surface area contributed by atoms with E-state index >= 15 is 0 Å². The summed E-state index contributed by atoms with van der Waals surface area (Å²) in [5.74, 6) is 0.139. The topological polar surface area (TPSA) is 20.3 Å². The Morgan fingerprint density at radius 2 is 2.47 bits per heavy atom. The normalized spacial score (nSPS) is 21.7. The van der Waals surface area contributed by atoms with Crippen LogP contribution in [0.15, 0.2) is 11.4 Å². The standard InChI is InChI=1S/C10H11ClINOS/c11-7-2-1-4-13(6-7)10(14)9-8(12)3-5-15-9/h3,5,7H,1-2,4,6H2. The van der Waals surface area contributed by atoms with Crippen molar-refractivity contribution in [1.82, 2.24) is 4.90 Å². The van der Waals surface area contributed by atoms with E-state index in [-0.39, 0.29) is 11.3 Å². The SMILES string of the molecule is O=C(c1sccc1I)N1CCCC(Cl)C1. The molecule has 1 aliphatic rings. The van der Waals surface area contributed by atoms with Gasteiger partial charge < -0.3 is 4.90 Å². The molecule has 1 saturated heterocycles. The third-order valence-corrected chi connectivity index (χ3v) is 4.99. The highest BCUT2D eigenvalue weighted by Crippen LogP contribution is 2.23. The van der Waals surface area contributed by atoms with Gasteiger partial charge in [0.1, 0.15) is 4.88 Å². The van der Waals surface area contributed by atoms with Gasteiger partial charge in [-0.15, -0.1) is 22.9 Å². The first-order valence-corrected chi connectivity index (χ1v) is 7.24. The highest BCUT2D eigenvalue weighted by atomic mass is 127. The van der Waals surface area contributed by atoms with Gasteiger partial charge in [0.2, 0.25) is 0 Å². The van der Waals surface area contributed by atoms with Gasteiger partial charge in [-0.1, -0.05) is 0 Å². The summed E-state index contributed by atoms with van der Waals surface area (Å²) in [4.78, 5) is 14.8. The van der Waals surface area contributed by atoms with Gasteiger partial charge in [0, 0.05) is 16.7 Å². The van der Waals surface area contributed by atoms with Gasteiger partial charge in [0.25, 0.3) is 5.91 Å². The van der Waals surface area contributed by atoms with E-state index in [2.05, 4.69) is 22.6 Å². The van der Waals surface area contributed by atoms with Gasteiger partial charge in [-0.3, -0.25) is 4.79 Å². The third kappa shape index (κ3) is 2.65. The summed E-state index contributed by atoms with van der Waals surface area (Å²) in [5.41, 5.74) is 0. The van der Waals surface area contributed by atoms with Crippen molar-refractivity contribution in [2.45, 2.75) is 18.2 Å². The van der Waals surface area contributed by atoms with E-state index in [1.54, 1.807) is 0 Å². The maximum absolute atomic E-state index is 12.1. The number of thiophene rings is 1. The average Bonchev–Trinajstić information content (AvgIpc) is 2.63. The molecule has 0 saturated carbocycles. The first-order valence-electron chi connectivity index (χ1n) is 4.85. The molecule has 1 atom stereocenters. The number of likely N-dealkylation sites (tertiary alicyclic amines) is 1. The quantitative estimate of drug-likeness (QED) is 0.560. The molecule has 0 aromatic carbocycles. The molecule has 1 aromatic rings. The van der Waals surface area contributed by atoms with Gasteiger partial charge in [0.05, 0.1) is 5.38 Å². The highest BCUT2D eigenvalue weighted by molar-refractivity contribution is 14.1. The number of alkyl halides is 1. The fourth-order valence-corrected chi connectivity index (χ4v) is 3.81. The second-order valence-electron chi connectivity index (χ2n) is 3.59. The molecular formula is C10H11ClINOS. The van der Waals surface area contributed by atoms with Gasteiger partial charge in [0.15, 0.2) is 0 Å². The highest BCUT2D eigenvalue weighted by Gasteiger charge is 2.24. The maximum Gasteiger partial charge on any atom is 0.265 e. The van der Waals surface area contributed by atoms with E-state index in [1.165, 1.54) is 11.3 Å². The van der Waals surface area contributed by atoms with Crippen LogP contribution in [0.25, 0.3) is 0 Å². The zero-order valence-electron chi connectivity index (χ0n) is 8.08. The summed E-state index contributed by atoms with van der Waals surface area (Å²) in [6.45, 7) is 1.53. The lowest BCUT2D eigenvalue weighted by Crippen LogP contribution is -2.40. The fourth-order valence-electron chi connectivity index (χ4n) is 1.70. The minimum absolute atomic E-state index is 0.125. The number of halogens is 2. The summed E-state index contributed by atoms with van der Waals surface area (Å²) in [7, 11) is 0. The second-order valence-corrected chi connectivity index (χ2v) is 6.28. The van der Waals surface area contributed by atoms with E-state index in [4.69, 9.17) is 11.6 Å². The molecule has 1 unspecified atom stereocenters. The number of rotatable bonds is 1. The van der Waals surface area contributed by atoms with Crippen LogP contribution in [0.2, 0.25) is 0 Å². The van der Waals surface area contributed by atoms with E-state index in [9.17, 15) is 4.79 Å². The van der Waals surface area contributed by atoms with E-state index in [0.29, 0.717) is 6.54 Å². The summed E-state index contributed by atoms with van der Waals surface area (Å²) in [5, 5.41) is 2.08. The molecule has 1 aliphatic heterocycles. The van der Waals surface area contributed by atoms with Gasteiger partial charge in [-0.2, -0.15) is 0 Å². The number of nitrogens with zero attached hydrogens (tertiary/aromatic N) is 1. The molecule has 15 heavy (non-hydrogen) atoms. The predicted molar refractivity (Wildman–Crippen MR) is 71.8 cm³/mol. The van der Waals surface area contributed by atoms with Crippen LogP contribution in [0.3, 0.4) is 0 Å². The first-order chi connectivity index (χ1) is 7.18. The lowest BCUT2D eigenvalue weighted by atomic mass is 10.1. The van der Waals surface area contributed by atoms with Gasteiger partial charge in [-0.05, 0) is 46.9 Å². The van der Waals surface area contributed by atoms with Crippen LogP contribution in [-0.2, 0) is 0 Å². The molecule has 0 N–H and O–H groups in total. The molecule has 1 amide bonds. The number of carbonyl (C=O) groups excluding carboxylic acids is 1. The number of carbonyl (C=O) groups is 1. The summed E-state index contributed by atoms with van der Waals surface area (Å²) in [6, 6.07) is 1.97. The van der Waals surface area contributed by atoms with Crippen molar-refractivity contribution >= 4 is 51.4 Å². The van der Waals surface area contributed by atoms with Crippen molar-refractivity contribution < 1.29 is 4.79 Å². The predicted octanol–water partition coefficient (Wildman–Crippen LogP) is 3.20. The Hall–Kier alpha value is 0.190. The van der Waals surface area contributed by atoms with Crippen LogP contribution in [0.5, 0.6) is 0 Å². The van der Waals surface area contributed by atoms with Crippen molar-refractivity contribution in [3.05, 3.63) is 19.9 Å². The zero-order valence-corrected chi connectivity index (χ0v) is 11.8. The Bertz CT molecular complexity index is 368. The van der Waals surface area contributed by atoms with Crippen molar-refractivity contribution in [2.75, 3.05) is 13.1 Å². The van der Waals surface area contributed by atoms with E-state index in [0.717, 1.165) is 27.8 Å². The molecule has 0 spiro atoms. The van der Waals surface area contributed by atoms with E-state index in [1.807, 2.05) is 16.3 Å². The van der Waals surface area contributed by atoms with Crippen molar-refractivity contribution in [1.29, 1.82) is 0 Å². The van der Waals surface area contributed by atoms with Gasteiger partial charge >= 0.3 is 0 Å². The molecule has 1 aromatic heterocycles. The smallest absolute Gasteiger partial charge is 0.265 e. The van der Waals surface area contributed by atoms with Crippen LogP contribution in [0.4, 0.5) is 0 Å². The lowest BCUT2D eigenvalue weighted by Gasteiger charge is -2.29. The molecule has 1 fully saturated rings. The minimum Gasteiger partial charge on any atom is -0.336 e. The van der Waals surface area contributed by atoms with Crippen LogP contribution in [0, 0.1) is 3.57 Å². The Kier molecular flexibility index (Phi) is 3.90. The van der Waals surface area contributed by atoms with Crippen LogP contribution < -0.4 is 0 Å². The maximum atomic E-state index is 12.1. The van der Waals surface area contributed by atoms with Gasteiger partial charge in [-0.25, -0.2) is 0 Å². The summed E-state index contributed by atoms with van der Waals surface area (Å²) < 4.78 is 1.04. The lowest BCUT2D eigenvalue weighted by molar-refractivity contribution is 0.0731. The van der Waals surface area contributed by atoms with Crippen LogP contribution in [0.1, 0.15) is 22.5 Å². The Morgan fingerprint density at radius 1 is 1.67 bits per heavy atom. The molecule has 0 radical (unpaired) electrons. The molecule has 2 heterocycles. The molecule has 5 heteroatoms. The number of piperidine rings is 1. The third-order valence-electron chi connectivity index (χ3n) is 2.46. The number of hydrogen-bond acceptors (Lipinski definition) is 2. The van der Waals surface area contributed by atoms with Crippen molar-refractivity contribution in [3.8, 4) is 0 Å². The molecule has 2 rings (SSSR count). The first kappa shape index (κ1) is 11.7. The number of hydrogen-bond donors (Lipinski definition) is 0. The molecule has 0 bridgehead atoms. The average molecular weight is 356 g/mol. The molecular weight excluding hydrogens is 345 g/mol. The number of amides is 1. The summed E-state index contributed by atoms with van der Waals surface area (Å²) in [6.07, 6.45) is 2.04. The molecule has 2 nitrogen and oxygen atoms in total. The second kappa shape index (κ2) is 5.01. The van der Waals surface area contributed by atoms with Crippen molar-refractivity contribution in [3.63, 3.8) is 0 Å². The summed E-state index contributed by atoms with van der Waals surface area (Å²) >= 11 is 9.78. The fraction of sp³-hybridized carbons (Fsp3) is 0.500. The van der Waals surface area contributed by atoms with Crippen LogP contribution in [-0.4, -0.2) is 29.3 Å². The van der Waals surface area contributed by atoms with E-state index < -0.39 is 0 Å². The Balaban J connectivity index is 2.11. The van der Waals surface area contributed by atoms with Crippen LogP contribution >= 0.6 is 45.5 Å². The Labute approximate surface area is 112 Å². The molecule has 0 aliphatic carbocycles. The minimum atomic E-state index is 0.125. The Morgan fingerprint density at radius 3 is 3.07 bits per heavy atom. The van der Waals surface area contributed by atoms with Crippen molar-refractivity contribution in [2.24, 2.45) is 0 Å². The largest absolute Gasteiger partial charge is 0.336 e.